The second-order valence-electron chi connectivity index (χ2n) is 5.28. The molecule has 0 radical (unpaired) electrons. The summed E-state index contributed by atoms with van der Waals surface area (Å²) in [5.74, 6) is 8.27. The fraction of sp³-hybridized carbons (Fsp3) is 0.714. The number of aryl methyl sites for hydroxylation is 1. The first kappa shape index (κ1) is 12.7. The van der Waals surface area contributed by atoms with Crippen LogP contribution in [0.25, 0.3) is 0 Å². The van der Waals surface area contributed by atoms with Crippen molar-refractivity contribution in [2.45, 2.75) is 52.0 Å². The fourth-order valence-electron chi connectivity index (χ4n) is 3.20. The molecular weight excluding hydrogens is 212 g/mol. The van der Waals surface area contributed by atoms with E-state index in [1.165, 1.54) is 37.7 Å². The average Bonchev–Trinajstić information content (AvgIpc) is 2.77. The van der Waals surface area contributed by atoms with Gasteiger partial charge in [0.05, 0.1) is 12.3 Å². The lowest BCUT2D eigenvalue weighted by molar-refractivity contribution is 0.209. The van der Waals surface area contributed by atoms with E-state index in [2.05, 4.69) is 18.4 Å². The first-order valence-electron chi connectivity index (χ1n) is 6.76. The zero-order chi connectivity index (χ0) is 12.3. The third-order valence-electron chi connectivity index (χ3n) is 4.29. The number of rotatable bonds is 4. The number of hydrazine groups is 1. The van der Waals surface area contributed by atoms with Gasteiger partial charge in [0.25, 0.3) is 0 Å². The summed E-state index contributed by atoms with van der Waals surface area (Å²) in [6.45, 7) is 4.31. The SMILES string of the molecule is CCC1CCCC(C(NN)c2ccoc2C)C1. The summed E-state index contributed by atoms with van der Waals surface area (Å²) < 4.78 is 5.40. The molecule has 2 rings (SSSR count). The molecule has 3 N–H and O–H groups in total. The summed E-state index contributed by atoms with van der Waals surface area (Å²) in [7, 11) is 0. The Balaban J connectivity index is 2.10. The van der Waals surface area contributed by atoms with E-state index in [0.29, 0.717) is 5.92 Å². The minimum absolute atomic E-state index is 0.253. The maximum absolute atomic E-state index is 5.76. The maximum atomic E-state index is 5.76. The number of nitrogens with one attached hydrogen (secondary N) is 1. The number of hydrogen-bond acceptors (Lipinski definition) is 3. The van der Waals surface area contributed by atoms with Gasteiger partial charge in [-0.1, -0.05) is 26.2 Å². The molecule has 0 spiro atoms. The summed E-state index contributed by atoms with van der Waals surface area (Å²) in [6.07, 6.45) is 8.33. The highest BCUT2D eigenvalue weighted by molar-refractivity contribution is 5.21. The van der Waals surface area contributed by atoms with Gasteiger partial charge in [-0.25, -0.2) is 0 Å². The number of hydrogen-bond donors (Lipinski definition) is 2. The van der Waals surface area contributed by atoms with E-state index in [-0.39, 0.29) is 6.04 Å². The van der Waals surface area contributed by atoms with E-state index in [0.717, 1.165) is 11.7 Å². The molecule has 1 aliphatic rings. The molecule has 1 aromatic rings. The van der Waals surface area contributed by atoms with Crippen LogP contribution in [0.4, 0.5) is 0 Å². The molecule has 17 heavy (non-hydrogen) atoms. The third kappa shape index (κ3) is 2.72. The largest absolute Gasteiger partial charge is 0.469 e. The van der Waals surface area contributed by atoms with E-state index in [1.807, 2.05) is 6.92 Å². The highest BCUT2D eigenvalue weighted by Gasteiger charge is 2.29. The normalized spacial score (nSPS) is 27.0. The number of nitrogens with two attached hydrogens (primary N) is 1. The van der Waals surface area contributed by atoms with Gasteiger partial charge in [-0.05, 0) is 37.7 Å². The molecule has 1 fully saturated rings. The molecule has 0 aliphatic heterocycles. The highest BCUT2D eigenvalue weighted by atomic mass is 16.3. The molecule has 1 aliphatic carbocycles. The Labute approximate surface area is 104 Å². The third-order valence-corrected chi connectivity index (χ3v) is 4.29. The smallest absolute Gasteiger partial charge is 0.105 e. The lowest BCUT2D eigenvalue weighted by Crippen LogP contribution is -2.36. The summed E-state index contributed by atoms with van der Waals surface area (Å²) in [4.78, 5) is 0. The van der Waals surface area contributed by atoms with Crippen molar-refractivity contribution in [2.24, 2.45) is 17.7 Å². The molecule has 3 unspecified atom stereocenters. The van der Waals surface area contributed by atoms with Crippen molar-refractivity contribution in [3.8, 4) is 0 Å². The van der Waals surface area contributed by atoms with Gasteiger partial charge >= 0.3 is 0 Å². The van der Waals surface area contributed by atoms with Crippen LogP contribution in [0, 0.1) is 18.8 Å². The minimum Gasteiger partial charge on any atom is -0.469 e. The van der Waals surface area contributed by atoms with E-state index < -0.39 is 0 Å². The monoisotopic (exact) mass is 236 g/mol. The highest BCUT2D eigenvalue weighted by Crippen LogP contribution is 2.38. The zero-order valence-corrected chi connectivity index (χ0v) is 10.9. The molecule has 96 valence electrons. The Kier molecular flexibility index (Phi) is 4.24. The Bertz CT molecular complexity index is 348. The van der Waals surface area contributed by atoms with E-state index in [1.54, 1.807) is 6.26 Å². The van der Waals surface area contributed by atoms with Crippen LogP contribution in [0.2, 0.25) is 0 Å². The summed E-state index contributed by atoms with van der Waals surface area (Å²) in [5.41, 5.74) is 4.23. The predicted molar refractivity (Wildman–Crippen MR) is 69.2 cm³/mol. The van der Waals surface area contributed by atoms with Gasteiger partial charge in [0.1, 0.15) is 5.76 Å². The van der Waals surface area contributed by atoms with Gasteiger partial charge in [0, 0.05) is 5.56 Å². The van der Waals surface area contributed by atoms with Gasteiger partial charge in [-0.3, -0.25) is 11.3 Å². The Hall–Kier alpha value is -0.800. The summed E-state index contributed by atoms with van der Waals surface area (Å²) in [5, 5.41) is 0. The van der Waals surface area contributed by atoms with Gasteiger partial charge < -0.3 is 4.42 Å². The van der Waals surface area contributed by atoms with E-state index >= 15 is 0 Å². The average molecular weight is 236 g/mol. The molecule has 1 saturated carbocycles. The van der Waals surface area contributed by atoms with Crippen molar-refractivity contribution < 1.29 is 4.42 Å². The molecule has 1 heterocycles. The van der Waals surface area contributed by atoms with E-state index in [9.17, 15) is 0 Å². The topological polar surface area (TPSA) is 51.2 Å². The van der Waals surface area contributed by atoms with Crippen molar-refractivity contribution in [3.05, 3.63) is 23.7 Å². The van der Waals surface area contributed by atoms with Crippen LogP contribution in [0.1, 0.15) is 56.4 Å². The van der Waals surface area contributed by atoms with E-state index in [4.69, 9.17) is 10.3 Å². The van der Waals surface area contributed by atoms with Crippen molar-refractivity contribution >= 4 is 0 Å². The second-order valence-corrected chi connectivity index (χ2v) is 5.28. The molecule has 0 bridgehead atoms. The standard InChI is InChI=1S/C14H24N2O/c1-3-11-5-4-6-12(9-11)14(16-15)13-7-8-17-10(13)2/h7-8,11-12,14,16H,3-6,9,15H2,1-2H3. The van der Waals surface area contributed by atoms with Gasteiger partial charge in [0.15, 0.2) is 0 Å². The quantitative estimate of drug-likeness (QED) is 0.623. The first-order chi connectivity index (χ1) is 8.26. The molecule has 0 aromatic carbocycles. The van der Waals surface area contributed by atoms with Crippen LogP contribution < -0.4 is 11.3 Å². The van der Waals surface area contributed by atoms with Crippen LogP contribution in [0.15, 0.2) is 16.7 Å². The lowest BCUT2D eigenvalue weighted by Gasteiger charge is -2.33. The second kappa shape index (κ2) is 5.69. The fourth-order valence-corrected chi connectivity index (χ4v) is 3.20. The zero-order valence-electron chi connectivity index (χ0n) is 10.9. The summed E-state index contributed by atoms with van der Waals surface area (Å²) in [6, 6.07) is 2.30. The maximum Gasteiger partial charge on any atom is 0.105 e. The molecule has 3 heteroatoms. The summed E-state index contributed by atoms with van der Waals surface area (Å²) >= 11 is 0. The molecule has 0 saturated heterocycles. The Morgan fingerprint density at radius 3 is 2.94 bits per heavy atom. The van der Waals surface area contributed by atoms with Gasteiger partial charge in [-0.15, -0.1) is 0 Å². The van der Waals surface area contributed by atoms with Crippen molar-refractivity contribution in [2.75, 3.05) is 0 Å². The molecule has 3 atom stereocenters. The van der Waals surface area contributed by atoms with Crippen LogP contribution in [-0.2, 0) is 0 Å². The lowest BCUT2D eigenvalue weighted by atomic mass is 9.75. The Morgan fingerprint density at radius 2 is 2.35 bits per heavy atom. The van der Waals surface area contributed by atoms with Crippen LogP contribution in [-0.4, -0.2) is 0 Å². The van der Waals surface area contributed by atoms with Crippen molar-refractivity contribution in [3.63, 3.8) is 0 Å². The molecular formula is C14H24N2O. The van der Waals surface area contributed by atoms with Crippen molar-refractivity contribution in [1.29, 1.82) is 0 Å². The molecule has 3 nitrogen and oxygen atoms in total. The van der Waals surface area contributed by atoms with Crippen molar-refractivity contribution in [1.82, 2.24) is 5.43 Å². The van der Waals surface area contributed by atoms with Crippen LogP contribution in [0.5, 0.6) is 0 Å². The molecule has 1 aromatic heterocycles. The Morgan fingerprint density at radius 1 is 1.53 bits per heavy atom. The van der Waals surface area contributed by atoms with Crippen LogP contribution >= 0.6 is 0 Å². The van der Waals surface area contributed by atoms with Crippen LogP contribution in [0.3, 0.4) is 0 Å². The predicted octanol–water partition coefficient (Wildman–Crippen LogP) is 3.31. The molecule has 0 amide bonds. The minimum atomic E-state index is 0.253. The first-order valence-corrected chi connectivity index (χ1v) is 6.76. The number of furan rings is 1. The van der Waals surface area contributed by atoms with Gasteiger partial charge in [0.2, 0.25) is 0 Å². The van der Waals surface area contributed by atoms with Gasteiger partial charge in [-0.2, -0.15) is 0 Å².